The van der Waals surface area contributed by atoms with E-state index in [1.165, 1.54) is 25.2 Å². The third-order valence-corrected chi connectivity index (χ3v) is 3.44. The molecule has 2 atom stereocenters. The maximum absolute atomic E-state index is 12.0. The minimum atomic E-state index is -0.205. The Morgan fingerprint density at radius 2 is 2.17 bits per heavy atom. The fraction of sp³-hybridized carbons (Fsp3) is 0.583. The number of nitrogens with two attached hydrogens (primary N) is 1. The first kappa shape index (κ1) is 11.4. The van der Waals surface area contributed by atoms with Gasteiger partial charge in [-0.05, 0) is 25.2 Å². The van der Waals surface area contributed by atoms with Crippen molar-refractivity contribution in [3.8, 4) is 0 Å². The van der Waals surface area contributed by atoms with Crippen molar-refractivity contribution in [1.29, 1.82) is 0 Å². The molecular formula is C12H16N4O2. The topological polar surface area (TPSA) is 90.1 Å². The van der Waals surface area contributed by atoms with Gasteiger partial charge in [-0.2, -0.15) is 0 Å². The molecule has 1 aromatic rings. The van der Waals surface area contributed by atoms with Gasteiger partial charge in [0.15, 0.2) is 0 Å². The molecule has 1 saturated heterocycles. The minimum absolute atomic E-state index is 0.101. The lowest BCUT2D eigenvalue weighted by Crippen LogP contribution is -2.41. The van der Waals surface area contributed by atoms with Crippen LogP contribution in [0.5, 0.6) is 0 Å². The van der Waals surface area contributed by atoms with Gasteiger partial charge in [0, 0.05) is 6.61 Å². The lowest BCUT2D eigenvalue weighted by atomic mass is 10.1. The number of nitrogen functional groups attached to an aromatic ring is 1. The van der Waals surface area contributed by atoms with Gasteiger partial charge in [-0.15, -0.1) is 0 Å². The molecule has 3 rings (SSSR count). The smallest absolute Gasteiger partial charge is 0.271 e. The summed E-state index contributed by atoms with van der Waals surface area (Å²) in [6.45, 7) is 0.722. The average molecular weight is 248 g/mol. The van der Waals surface area contributed by atoms with E-state index >= 15 is 0 Å². The molecule has 2 unspecified atom stereocenters. The van der Waals surface area contributed by atoms with E-state index < -0.39 is 0 Å². The molecule has 96 valence electrons. The first-order chi connectivity index (χ1) is 8.74. The molecule has 2 aliphatic rings. The summed E-state index contributed by atoms with van der Waals surface area (Å²) in [6, 6.07) is 0.101. The summed E-state index contributed by atoms with van der Waals surface area (Å²) in [5, 5.41) is 2.98. The Morgan fingerprint density at radius 1 is 1.33 bits per heavy atom. The minimum Gasteiger partial charge on any atom is -0.382 e. The van der Waals surface area contributed by atoms with Crippen LogP contribution in [0.15, 0.2) is 12.4 Å². The van der Waals surface area contributed by atoms with Gasteiger partial charge in [-0.1, -0.05) is 0 Å². The van der Waals surface area contributed by atoms with Crippen LogP contribution in [-0.2, 0) is 4.74 Å². The number of amides is 1. The number of nitrogens with one attached hydrogen (secondary N) is 1. The highest BCUT2D eigenvalue weighted by Gasteiger charge is 2.41. The Hall–Kier alpha value is -1.69. The number of nitrogens with zero attached hydrogens (tertiary/aromatic N) is 2. The fourth-order valence-electron chi connectivity index (χ4n) is 2.35. The first-order valence-electron chi connectivity index (χ1n) is 6.24. The Balaban J connectivity index is 1.64. The summed E-state index contributed by atoms with van der Waals surface area (Å²) in [7, 11) is 0. The zero-order chi connectivity index (χ0) is 12.5. The van der Waals surface area contributed by atoms with E-state index in [9.17, 15) is 4.79 Å². The second-order valence-corrected chi connectivity index (χ2v) is 4.87. The molecule has 6 nitrogen and oxygen atoms in total. The molecule has 3 N–H and O–H groups in total. The third kappa shape index (κ3) is 2.28. The summed E-state index contributed by atoms with van der Waals surface area (Å²) >= 11 is 0. The third-order valence-electron chi connectivity index (χ3n) is 3.44. The van der Waals surface area contributed by atoms with Gasteiger partial charge in [-0.3, -0.25) is 4.79 Å². The molecule has 1 saturated carbocycles. The number of carbonyl (C=O) groups excluding carboxylic acids is 1. The van der Waals surface area contributed by atoms with Crippen molar-refractivity contribution in [3.63, 3.8) is 0 Å². The van der Waals surface area contributed by atoms with Crippen molar-refractivity contribution in [3.05, 3.63) is 18.1 Å². The van der Waals surface area contributed by atoms with Gasteiger partial charge in [0.25, 0.3) is 5.91 Å². The van der Waals surface area contributed by atoms with Gasteiger partial charge >= 0.3 is 0 Å². The number of rotatable bonds is 3. The van der Waals surface area contributed by atoms with Crippen molar-refractivity contribution < 1.29 is 9.53 Å². The van der Waals surface area contributed by atoms with E-state index in [4.69, 9.17) is 10.5 Å². The molecule has 2 fully saturated rings. The Bertz CT molecular complexity index is 444. The largest absolute Gasteiger partial charge is 0.382 e. The highest BCUT2D eigenvalue weighted by atomic mass is 16.5. The average Bonchev–Trinajstić information content (AvgIpc) is 3.11. The van der Waals surface area contributed by atoms with Crippen LogP contribution >= 0.6 is 0 Å². The Labute approximate surface area is 105 Å². The summed E-state index contributed by atoms with van der Waals surface area (Å²) in [5.41, 5.74) is 5.73. The van der Waals surface area contributed by atoms with Crippen molar-refractivity contribution in [2.45, 2.75) is 31.4 Å². The van der Waals surface area contributed by atoms with Crippen molar-refractivity contribution in [2.24, 2.45) is 5.92 Å². The zero-order valence-electron chi connectivity index (χ0n) is 10.0. The molecule has 1 aromatic heterocycles. The summed E-state index contributed by atoms with van der Waals surface area (Å²) in [6.07, 6.45) is 6.24. The zero-order valence-corrected chi connectivity index (χ0v) is 10.0. The van der Waals surface area contributed by atoms with Crippen LogP contribution in [0.3, 0.4) is 0 Å². The molecule has 0 spiro atoms. The second kappa shape index (κ2) is 4.53. The van der Waals surface area contributed by atoms with Crippen molar-refractivity contribution in [1.82, 2.24) is 15.3 Å². The van der Waals surface area contributed by atoms with Gasteiger partial charge in [0.2, 0.25) is 0 Å². The summed E-state index contributed by atoms with van der Waals surface area (Å²) in [4.78, 5) is 19.8. The van der Waals surface area contributed by atoms with E-state index in [1.54, 1.807) is 0 Å². The van der Waals surface area contributed by atoms with E-state index in [1.807, 2.05) is 0 Å². The molecule has 1 aliphatic carbocycles. The SMILES string of the molecule is Nc1cnc(C(=O)NC2CCOC2C2CC2)cn1. The Kier molecular flexibility index (Phi) is 2.87. The number of ether oxygens (including phenoxy) is 1. The van der Waals surface area contributed by atoms with Crippen LogP contribution in [0, 0.1) is 5.92 Å². The maximum Gasteiger partial charge on any atom is 0.271 e. The van der Waals surface area contributed by atoms with Crippen molar-refractivity contribution >= 4 is 11.7 Å². The first-order valence-corrected chi connectivity index (χ1v) is 6.24. The molecule has 2 heterocycles. The molecule has 6 heteroatoms. The van der Waals surface area contributed by atoms with Crippen LogP contribution in [0.4, 0.5) is 5.82 Å². The van der Waals surface area contributed by atoms with Gasteiger partial charge in [-0.25, -0.2) is 9.97 Å². The fourth-order valence-corrected chi connectivity index (χ4v) is 2.35. The Morgan fingerprint density at radius 3 is 2.83 bits per heavy atom. The van der Waals surface area contributed by atoms with E-state index in [-0.39, 0.29) is 18.1 Å². The molecule has 18 heavy (non-hydrogen) atoms. The van der Waals surface area contributed by atoms with E-state index in [0.29, 0.717) is 17.4 Å². The quantitative estimate of drug-likeness (QED) is 0.805. The van der Waals surface area contributed by atoms with E-state index in [2.05, 4.69) is 15.3 Å². The number of hydrogen-bond donors (Lipinski definition) is 2. The highest BCUT2D eigenvalue weighted by Crippen LogP contribution is 2.38. The van der Waals surface area contributed by atoms with E-state index in [0.717, 1.165) is 13.0 Å². The summed E-state index contributed by atoms with van der Waals surface area (Å²) < 4.78 is 5.67. The number of carbonyl (C=O) groups is 1. The van der Waals surface area contributed by atoms with Crippen LogP contribution in [0.2, 0.25) is 0 Å². The lowest BCUT2D eigenvalue weighted by molar-refractivity contribution is 0.0727. The maximum atomic E-state index is 12.0. The molecule has 0 aromatic carbocycles. The highest BCUT2D eigenvalue weighted by molar-refractivity contribution is 5.92. The summed E-state index contributed by atoms with van der Waals surface area (Å²) in [5.74, 6) is 0.727. The molecule has 0 radical (unpaired) electrons. The van der Waals surface area contributed by atoms with Crippen LogP contribution in [0.1, 0.15) is 29.8 Å². The molecular weight excluding hydrogens is 232 g/mol. The molecule has 0 bridgehead atoms. The number of hydrogen-bond acceptors (Lipinski definition) is 5. The van der Waals surface area contributed by atoms with Gasteiger partial charge in [0.05, 0.1) is 24.5 Å². The molecule has 1 amide bonds. The van der Waals surface area contributed by atoms with Gasteiger partial charge in [0.1, 0.15) is 11.5 Å². The lowest BCUT2D eigenvalue weighted by Gasteiger charge is -2.19. The van der Waals surface area contributed by atoms with Crippen LogP contribution < -0.4 is 11.1 Å². The van der Waals surface area contributed by atoms with Gasteiger partial charge < -0.3 is 15.8 Å². The van der Waals surface area contributed by atoms with Crippen molar-refractivity contribution in [2.75, 3.05) is 12.3 Å². The monoisotopic (exact) mass is 248 g/mol. The van der Waals surface area contributed by atoms with Crippen LogP contribution in [-0.4, -0.2) is 34.6 Å². The standard InChI is InChI=1S/C12H16N4O2/c13-10-6-14-9(5-15-10)12(17)16-8-3-4-18-11(8)7-1-2-7/h5-8,11H,1-4H2,(H2,13,15)(H,16,17). The predicted molar refractivity (Wildman–Crippen MR) is 64.8 cm³/mol. The second-order valence-electron chi connectivity index (χ2n) is 4.87. The predicted octanol–water partition coefficient (Wildman–Crippen LogP) is 0.356. The molecule has 1 aliphatic heterocycles. The van der Waals surface area contributed by atoms with Crippen LogP contribution in [0.25, 0.3) is 0 Å². The number of anilines is 1. The number of aromatic nitrogens is 2. The normalized spacial score (nSPS) is 27.1.